The minimum absolute atomic E-state index is 0.0453. The Kier molecular flexibility index (Phi) is 5.54. The molecule has 0 unspecified atom stereocenters. The molecule has 1 rings (SSSR count). The van der Waals surface area contributed by atoms with Crippen LogP contribution in [0.5, 0.6) is 5.75 Å². The molecule has 6 nitrogen and oxygen atoms in total. The number of nitrogens with one attached hydrogen (secondary N) is 1. The van der Waals surface area contributed by atoms with E-state index in [0.717, 1.165) is 0 Å². The first-order valence-electron chi connectivity index (χ1n) is 6.04. The molecule has 2 N–H and O–H groups in total. The maximum Gasteiger partial charge on any atom is 0.328 e. The Morgan fingerprint density at radius 3 is 2.50 bits per heavy atom. The zero-order valence-electron chi connectivity index (χ0n) is 11.3. The standard InChI is InChI=1S/C14H16N2O4/c1-9(7-8-15)12(14(19)20-2)16-13(18)10-3-5-11(17)6-4-10/h3-6,9,12,17H,7H2,1-2H3,(H,16,18)/t9-,12-/m0/s1. The fraction of sp³-hybridized carbons (Fsp3) is 0.357. The van der Waals surface area contributed by atoms with Crippen molar-refractivity contribution in [1.82, 2.24) is 5.32 Å². The molecule has 20 heavy (non-hydrogen) atoms. The summed E-state index contributed by atoms with van der Waals surface area (Å²) in [5.41, 5.74) is 0.306. The van der Waals surface area contributed by atoms with E-state index in [-0.39, 0.29) is 18.1 Å². The predicted molar refractivity (Wildman–Crippen MR) is 70.8 cm³/mol. The summed E-state index contributed by atoms with van der Waals surface area (Å²) in [5.74, 6) is -1.39. The molecule has 0 saturated carbocycles. The van der Waals surface area contributed by atoms with Gasteiger partial charge in [-0.2, -0.15) is 5.26 Å². The summed E-state index contributed by atoms with van der Waals surface area (Å²) in [6.07, 6.45) is 0.121. The van der Waals surface area contributed by atoms with E-state index in [9.17, 15) is 9.59 Å². The fourth-order valence-electron chi connectivity index (χ4n) is 1.66. The SMILES string of the molecule is COC(=O)[C@@H](NC(=O)c1ccc(O)cc1)[C@@H](C)CC#N. The molecule has 0 bridgehead atoms. The van der Waals surface area contributed by atoms with Crippen LogP contribution in [-0.2, 0) is 9.53 Å². The van der Waals surface area contributed by atoms with Gasteiger partial charge in [-0.15, -0.1) is 0 Å². The molecule has 0 aliphatic carbocycles. The number of hydrogen-bond acceptors (Lipinski definition) is 5. The van der Waals surface area contributed by atoms with Crippen molar-refractivity contribution in [3.05, 3.63) is 29.8 Å². The molecule has 0 spiro atoms. The number of hydrogen-bond donors (Lipinski definition) is 2. The summed E-state index contributed by atoms with van der Waals surface area (Å²) in [6, 6.07) is 6.70. The minimum atomic E-state index is -0.888. The van der Waals surface area contributed by atoms with E-state index < -0.39 is 17.9 Å². The molecule has 1 amide bonds. The first kappa shape index (κ1) is 15.5. The lowest BCUT2D eigenvalue weighted by Gasteiger charge is -2.21. The smallest absolute Gasteiger partial charge is 0.328 e. The van der Waals surface area contributed by atoms with Crippen molar-refractivity contribution in [2.24, 2.45) is 5.92 Å². The van der Waals surface area contributed by atoms with Crippen LogP contribution in [0.1, 0.15) is 23.7 Å². The number of carbonyl (C=O) groups excluding carboxylic acids is 2. The van der Waals surface area contributed by atoms with Gasteiger partial charge in [0.15, 0.2) is 0 Å². The Hall–Kier alpha value is -2.55. The highest BCUT2D eigenvalue weighted by atomic mass is 16.5. The van der Waals surface area contributed by atoms with Crippen LogP contribution in [0.15, 0.2) is 24.3 Å². The normalized spacial score (nSPS) is 12.8. The zero-order valence-corrected chi connectivity index (χ0v) is 11.3. The Balaban J connectivity index is 2.84. The Morgan fingerprint density at radius 1 is 1.40 bits per heavy atom. The van der Waals surface area contributed by atoms with Gasteiger partial charge in [-0.05, 0) is 24.3 Å². The van der Waals surface area contributed by atoms with Gasteiger partial charge >= 0.3 is 5.97 Å². The van der Waals surface area contributed by atoms with Crippen LogP contribution >= 0.6 is 0 Å². The molecule has 106 valence electrons. The summed E-state index contributed by atoms with van der Waals surface area (Å²) < 4.78 is 4.63. The lowest BCUT2D eigenvalue weighted by Crippen LogP contribution is -2.45. The van der Waals surface area contributed by atoms with Crippen LogP contribution in [0.3, 0.4) is 0 Å². The largest absolute Gasteiger partial charge is 0.508 e. The van der Waals surface area contributed by atoms with Crippen LogP contribution in [0.4, 0.5) is 0 Å². The van der Waals surface area contributed by atoms with Crippen molar-refractivity contribution in [2.75, 3.05) is 7.11 Å². The third kappa shape index (κ3) is 3.99. The summed E-state index contributed by atoms with van der Waals surface area (Å²) in [6.45, 7) is 1.68. The van der Waals surface area contributed by atoms with Gasteiger partial charge in [-0.3, -0.25) is 4.79 Å². The highest BCUT2D eigenvalue weighted by Gasteiger charge is 2.27. The number of esters is 1. The van der Waals surface area contributed by atoms with E-state index in [0.29, 0.717) is 5.56 Å². The number of phenolic OH excluding ortho intramolecular Hbond substituents is 1. The fourth-order valence-corrected chi connectivity index (χ4v) is 1.66. The van der Waals surface area contributed by atoms with Gasteiger partial charge in [-0.1, -0.05) is 6.92 Å². The van der Waals surface area contributed by atoms with E-state index in [1.807, 2.05) is 6.07 Å². The van der Waals surface area contributed by atoms with Crippen molar-refractivity contribution in [2.45, 2.75) is 19.4 Å². The first-order chi connectivity index (χ1) is 9.49. The third-order valence-electron chi connectivity index (χ3n) is 2.85. The number of phenols is 1. The quantitative estimate of drug-likeness (QED) is 0.787. The number of methoxy groups -OCH3 is 1. The molecule has 2 atom stereocenters. The molecular formula is C14H16N2O4. The van der Waals surface area contributed by atoms with Crippen LogP contribution in [0.2, 0.25) is 0 Å². The van der Waals surface area contributed by atoms with E-state index in [1.54, 1.807) is 6.92 Å². The van der Waals surface area contributed by atoms with Gasteiger partial charge in [0.25, 0.3) is 5.91 Å². The topological polar surface area (TPSA) is 99.4 Å². The molecule has 0 heterocycles. The predicted octanol–water partition coefficient (Wildman–Crippen LogP) is 1.21. The first-order valence-corrected chi connectivity index (χ1v) is 6.04. The van der Waals surface area contributed by atoms with Crippen molar-refractivity contribution < 1.29 is 19.4 Å². The summed E-state index contributed by atoms with van der Waals surface area (Å²) in [4.78, 5) is 23.7. The molecule has 0 fully saturated rings. The lowest BCUT2D eigenvalue weighted by atomic mass is 9.98. The van der Waals surface area contributed by atoms with Crippen LogP contribution < -0.4 is 5.32 Å². The average Bonchev–Trinajstić information content (AvgIpc) is 2.44. The molecule has 0 aliphatic heterocycles. The number of benzene rings is 1. The second-order valence-electron chi connectivity index (χ2n) is 4.36. The van der Waals surface area contributed by atoms with Crippen molar-refractivity contribution in [3.63, 3.8) is 0 Å². The molecule has 6 heteroatoms. The van der Waals surface area contributed by atoms with Crippen LogP contribution in [-0.4, -0.2) is 30.1 Å². The van der Waals surface area contributed by atoms with Crippen molar-refractivity contribution >= 4 is 11.9 Å². The Morgan fingerprint density at radius 2 is 2.00 bits per heavy atom. The highest BCUT2D eigenvalue weighted by Crippen LogP contribution is 2.13. The van der Waals surface area contributed by atoms with E-state index >= 15 is 0 Å². The Labute approximate surface area is 117 Å². The van der Waals surface area contributed by atoms with Gasteiger partial charge in [0.05, 0.1) is 13.2 Å². The second-order valence-corrected chi connectivity index (χ2v) is 4.36. The number of amides is 1. The summed E-state index contributed by atoms with van der Waals surface area (Å²) in [5, 5.41) is 20.4. The number of rotatable bonds is 5. The Bertz CT molecular complexity index is 519. The van der Waals surface area contributed by atoms with Gasteiger partial charge < -0.3 is 15.2 Å². The van der Waals surface area contributed by atoms with Crippen LogP contribution in [0.25, 0.3) is 0 Å². The molecule has 0 aliphatic rings. The zero-order chi connectivity index (χ0) is 15.1. The molecule has 1 aromatic rings. The van der Waals surface area contributed by atoms with E-state index in [1.165, 1.54) is 31.4 Å². The number of aromatic hydroxyl groups is 1. The molecule has 0 radical (unpaired) electrons. The summed E-state index contributed by atoms with van der Waals surface area (Å²) >= 11 is 0. The van der Waals surface area contributed by atoms with Gasteiger partial charge in [0.2, 0.25) is 0 Å². The minimum Gasteiger partial charge on any atom is -0.508 e. The van der Waals surface area contributed by atoms with Crippen LogP contribution in [0, 0.1) is 17.2 Å². The number of carbonyl (C=O) groups is 2. The van der Waals surface area contributed by atoms with Gasteiger partial charge in [-0.25, -0.2) is 4.79 Å². The lowest BCUT2D eigenvalue weighted by molar-refractivity contribution is -0.144. The maximum atomic E-state index is 12.0. The number of ether oxygens (including phenoxy) is 1. The molecular weight excluding hydrogens is 260 g/mol. The summed E-state index contributed by atoms with van der Waals surface area (Å²) in [7, 11) is 1.22. The van der Waals surface area contributed by atoms with Crippen molar-refractivity contribution in [1.29, 1.82) is 5.26 Å². The third-order valence-corrected chi connectivity index (χ3v) is 2.85. The van der Waals surface area contributed by atoms with E-state index in [2.05, 4.69) is 10.1 Å². The molecule has 1 aromatic carbocycles. The second kappa shape index (κ2) is 7.14. The van der Waals surface area contributed by atoms with Gasteiger partial charge in [0.1, 0.15) is 11.8 Å². The van der Waals surface area contributed by atoms with E-state index in [4.69, 9.17) is 10.4 Å². The number of nitriles is 1. The average molecular weight is 276 g/mol. The molecule has 0 saturated heterocycles. The highest BCUT2D eigenvalue weighted by molar-refractivity contribution is 5.96. The molecule has 0 aromatic heterocycles. The maximum absolute atomic E-state index is 12.0. The van der Waals surface area contributed by atoms with Crippen molar-refractivity contribution in [3.8, 4) is 11.8 Å². The monoisotopic (exact) mass is 276 g/mol. The number of nitrogens with zero attached hydrogens (tertiary/aromatic N) is 1. The van der Waals surface area contributed by atoms with Gasteiger partial charge in [0, 0.05) is 17.9 Å².